The van der Waals surface area contributed by atoms with Gasteiger partial charge in [-0.25, -0.2) is 0 Å². The fourth-order valence-corrected chi connectivity index (χ4v) is 2.86. The molecular formula is C20H29NO3. The maximum absolute atomic E-state index is 13.7. The molecule has 0 N–H and O–H groups in total. The first-order valence-corrected chi connectivity index (χ1v) is 7.40. The Morgan fingerprint density at radius 1 is 1.58 bits per heavy atom. The van der Waals surface area contributed by atoms with Gasteiger partial charge in [0.05, 0.1) is 21.0 Å². The number of carbonyl (C=O) groups excluding carboxylic acids is 1. The lowest BCUT2D eigenvalue weighted by Gasteiger charge is -2.43. The molecular weight excluding hydrogens is 302 g/mol. The van der Waals surface area contributed by atoms with Crippen LogP contribution in [0.4, 0.5) is 0 Å². The monoisotopic (exact) mass is 347 g/mol. The second kappa shape index (κ2) is 7.14. The summed E-state index contributed by atoms with van der Waals surface area (Å²) in [6.07, 6.45) is -10.3. The van der Waals surface area contributed by atoms with Crippen molar-refractivity contribution in [2.45, 2.75) is 45.4 Å². The Morgan fingerprint density at radius 2 is 2.42 bits per heavy atom. The number of ketones is 1. The highest BCUT2D eigenvalue weighted by Crippen LogP contribution is 2.42. The second-order valence-corrected chi connectivity index (χ2v) is 5.43. The molecule has 0 amide bonds. The van der Waals surface area contributed by atoms with Crippen LogP contribution in [0.3, 0.4) is 0 Å². The van der Waals surface area contributed by atoms with Gasteiger partial charge in [0.2, 0.25) is 0 Å². The summed E-state index contributed by atoms with van der Waals surface area (Å²) in [5.74, 6) is -9.89. The van der Waals surface area contributed by atoms with Gasteiger partial charge in [-0.05, 0) is 41.9 Å². The summed E-state index contributed by atoms with van der Waals surface area (Å²) >= 11 is 0. The summed E-state index contributed by atoms with van der Waals surface area (Å²) in [6, 6.07) is -2.86. The first kappa shape index (κ1) is 6.31. The van der Waals surface area contributed by atoms with E-state index >= 15 is 0 Å². The van der Waals surface area contributed by atoms with Crippen LogP contribution < -0.4 is 9.47 Å². The van der Waals surface area contributed by atoms with Crippen molar-refractivity contribution in [1.82, 2.24) is 4.90 Å². The average Bonchev–Trinajstić information content (AvgIpc) is 2.77. The van der Waals surface area contributed by atoms with Gasteiger partial charge in [0.1, 0.15) is 5.78 Å². The predicted octanol–water partition coefficient (Wildman–Crippen LogP) is 3.63. The number of nitrogens with zero attached hydrogens (tertiary/aromatic N) is 1. The molecule has 0 aliphatic carbocycles. The van der Waals surface area contributed by atoms with Crippen molar-refractivity contribution in [3.8, 4) is 11.5 Å². The van der Waals surface area contributed by atoms with Gasteiger partial charge in [-0.2, -0.15) is 0 Å². The van der Waals surface area contributed by atoms with Gasteiger partial charge in [-0.1, -0.05) is 20.1 Å². The minimum absolute atomic E-state index is 0.0420. The van der Waals surface area contributed by atoms with Crippen LogP contribution in [-0.4, -0.2) is 37.9 Å². The SMILES string of the molecule is [2H]c1c2c(c([2H])c(OC([2H])([2H])[2H])c1OC)C1N(CC2)CC([2H])(C([2H])([2H])C([2H])(C([2H])([2H])[2H])C([2H])([2H])C)C(=O)C1([2H])[2H]. The van der Waals surface area contributed by atoms with E-state index in [0.717, 1.165) is 12.0 Å². The quantitative estimate of drug-likeness (QED) is 0.815. The zero-order chi connectivity index (χ0) is 31.2. The zero-order valence-electron chi connectivity index (χ0n) is 29.4. The Labute approximate surface area is 167 Å². The van der Waals surface area contributed by atoms with Crippen molar-refractivity contribution in [1.29, 1.82) is 0 Å². The van der Waals surface area contributed by atoms with Crippen molar-refractivity contribution >= 4 is 5.78 Å². The molecule has 1 aromatic carbocycles. The van der Waals surface area contributed by atoms with Crippen LogP contribution >= 0.6 is 0 Å². The van der Waals surface area contributed by atoms with Crippen LogP contribution in [0, 0.1) is 11.8 Å². The molecule has 4 nitrogen and oxygen atoms in total. The lowest BCUT2D eigenvalue weighted by atomic mass is 9.79. The first-order valence-electron chi connectivity index (χ1n) is 15.4. The molecule has 2 aliphatic rings. The van der Waals surface area contributed by atoms with E-state index in [4.69, 9.17) is 31.4 Å². The van der Waals surface area contributed by atoms with Crippen LogP contribution in [0.5, 0.6) is 11.5 Å². The second-order valence-electron chi connectivity index (χ2n) is 5.43. The smallest absolute Gasteiger partial charge is 0.161 e. The summed E-state index contributed by atoms with van der Waals surface area (Å²) in [5.41, 5.74) is -0.267. The van der Waals surface area contributed by atoms with Gasteiger partial charge in [-0.3, -0.25) is 9.69 Å². The van der Waals surface area contributed by atoms with Crippen LogP contribution in [-0.2, 0) is 11.2 Å². The lowest BCUT2D eigenvalue weighted by molar-refractivity contribution is -0.129. The van der Waals surface area contributed by atoms with Gasteiger partial charge in [0.25, 0.3) is 0 Å². The maximum Gasteiger partial charge on any atom is 0.161 e. The third-order valence-electron chi connectivity index (χ3n) is 4.07. The number of rotatable bonds is 5. The summed E-state index contributed by atoms with van der Waals surface area (Å²) in [5, 5.41) is 0. The number of fused-ring (bicyclic) bond motifs is 3. The molecule has 3 rings (SSSR count). The zero-order valence-corrected chi connectivity index (χ0v) is 13.4. The molecule has 0 aromatic heterocycles. The highest BCUT2D eigenvalue weighted by molar-refractivity contribution is 5.83. The normalized spacial score (nSPS) is 43.4. The number of carbonyl (C=O) groups is 1. The molecule has 0 spiro atoms. The molecule has 1 saturated heterocycles. The number of Topliss-reactive ketones (excluding diaryl/α,β-unsaturated/α-hetero) is 1. The summed E-state index contributed by atoms with van der Waals surface area (Å²) in [4.78, 5) is 14.8. The molecule has 2 heterocycles. The van der Waals surface area contributed by atoms with Crippen LogP contribution in [0.2, 0.25) is 0 Å². The molecule has 1 fully saturated rings. The van der Waals surface area contributed by atoms with Crippen molar-refractivity contribution in [3.05, 3.63) is 23.2 Å². The van der Waals surface area contributed by atoms with Gasteiger partial charge in [0.15, 0.2) is 11.5 Å². The van der Waals surface area contributed by atoms with E-state index in [1.807, 2.05) is 0 Å². The number of benzene rings is 1. The highest BCUT2D eigenvalue weighted by Gasteiger charge is 2.38. The molecule has 0 saturated carbocycles. The minimum atomic E-state index is -3.78. The van der Waals surface area contributed by atoms with Crippen molar-refractivity contribution in [2.24, 2.45) is 11.8 Å². The number of ether oxygens (including phenoxy) is 2. The number of piperidine rings is 1. The topological polar surface area (TPSA) is 38.8 Å². The van der Waals surface area contributed by atoms with Gasteiger partial charge in [0, 0.05) is 46.5 Å². The highest BCUT2D eigenvalue weighted by atomic mass is 16.5. The third-order valence-corrected chi connectivity index (χ3v) is 4.07. The predicted molar refractivity (Wildman–Crippen MR) is 94.8 cm³/mol. The van der Waals surface area contributed by atoms with E-state index in [1.54, 1.807) is 0 Å². The lowest BCUT2D eigenvalue weighted by Crippen LogP contribution is -2.46. The Balaban J connectivity index is 2.29. The molecule has 132 valence electrons. The van der Waals surface area contributed by atoms with Crippen molar-refractivity contribution in [3.63, 3.8) is 0 Å². The standard InChI is InChI=1S/C20H29NO3/c1-5-13(2)8-15-12-21-7-6-14-9-19(23-3)20(24-4)10-16(14)17(21)11-18(15)22/h9-10,13,15,17H,5-8,11-12H2,1-4H3/i2D3,4D3,5D2,8D2,9D,10D,11D2,13D,15D. The Kier molecular flexibility index (Phi) is 1.88. The molecule has 3 atom stereocenters. The number of hydrogen-bond donors (Lipinski definition) is 0. The van der Waals surface area contributed by atoms with Gasteiger partial charge < -0.3 is 9.47 Å². The fourth-order valence-electron chi connectivity index (χ4n) is 2.86. The Morgan fingerprint density at radius 3 is 3.12 bits per heavy atom. The fraction of sp³-hybridized carbons (Fsp3) is 0.650. The first-order chi connectivity index (χ1) is 17.7. The van der Waals surface area contributed by atoms with E-state index in [9.17, 15) is 4.79 Å². The van der Waals surface area contributed by atoms with Gasteiger partial charge >= 0.3 is 0 Å². The molecule has 1 aromatic rings. The van der Waals surface area contributed by atoms with E-state index in [2.05, 4.69) is 0 Å². The summed E-state index contributed by atoms with van der Waals surface area (Å²) < 4.78 is 141. The Hall–Kier alpha value is -1.55. The van der Waals surface area contributed by atoms with Gasteiger partial charge in [-0.15, -0.1) is 0 Å². The maximum atomic E-state index is 13.7. The van der Waals surface area contributed by atoms with Crippen LogP contribution in [0.15, 0.2) is 12.1 Å². The molecule has 24 heavy (non-hydrogen) atoms. The van der Waals surface area contributed by atoms with Crippen molar-refractivity contribution in [2.75, 3.05) is 27.2 Å². The molecule has 0 radical (unpaired) electrons. The average molecular weight is 348 g/mol. The van der Waals surface area contributed by atoms with E-state index in [0.29, 0.717) is 6.92 Å². The van der Waals surface area contributed by atoms with Crippen LogP contribution in [0.25, 0.3) is 0 Å². The Bertz CT molecular complexity index is 1190. The van der Waals surface area contributed by atoms with E-state index in [1.165, 1.54) is 0 Å². The largest absolute Gasteiger partial charge is 0.493 e. The van der Waals surface area contributed by atoms with Crippen LogP contribution in [0.1, 0.15) is 72.0 Å². The third kappa shape index (κ3) is 3.16. The van der Waals surface area contributed by atoms with E-state index < -0.39 is 86.8 Å². The summed E-state index contributed by atoms with van der Waals surface area (Å²) in [7, 11) is -1.98. The molecule has 3 unspecified atom stereocenters. The molecule has 4 heteroatoms. The van der Waals surface area contributed by atoms with E-state index in [-0.39, 0.29) is 24.1 Å². The number of hydrogen-bond acceptors (Lipinski definition) is 4. The minimum Gasteiger partial charge on any atom is -0.493 e. The summed E-state index contributed by atoms with van der Waals surface area (Å²) in [6.45, 7) is -4.23. The number of methoxy groups -OCH3 is 2. The molecule has 0 bridgehead atoms. The van der Waals surface area contributed by atoms with Crippen molar-refractivity contribution < 1.29 is 36.2 Å². The molecule has 2 aliphatic heterocycles.